The van der Waals surface area contributed by atoms with E-state index in [-0.39, 0.29) is 12.7 Å². The summed E-state index contributed by atoms with van der Waals surface area (Å²) >= 11 is 4.98. The van der Waals surface area contributed by atoms with Gasteiger partial charge >= 0.3 is 0 Å². The molecule has 6 nitrogen and oxygen atoms in total. The number of aromatic nitrogens is 1. The molecule has 0 saturated heterocycles. The van der Waals surface area contributed by atoms with E-state index < -0.39 is 0 Å². The maximum atomic E-state index is 12.5. The first-order chi connectivity index (χ1) is 14.1. The Balaban J connectivity index is 1.61. The minimum atomic E-state index is -0.321. The van der Waals surface area contributed by atoms with E-state index in [0.717, 1.165) is 20.3 Å². The molecule has 29 heavy (non-hydrogen) atoms. The van der Waals surface area contributed by atoms with Gasteiger partial charge in [-0.2, -0.15) is 4.99 Å². The van der Waals surface area contributed by atoms with Crippen molar-refractivity contribution in [3.05, 3.63) is 57.3 Å². The standard InChI is InChI=1S/C21H19BrN2O4S/c1-2-26-10-9-24-16-6-5-15(22)12-19(16)29-21(24)23-20(25)8-4-14-3-7-17-18(11-14)28-13-27-17/h3-8,11-12H,2,9-10,13H2,1H3/b8-4-,23-21?. The topological polar surface area (TPSA) is 62.1 Å². The Morgan fingerprint density at radius 3 is 3.00 bits per heavy atom. The molecule has 3 aromatic rings. The summed E-state index contributed by atoms with van der Waals surface area (Å²) in [6.45, 7) is 4.03. The van der Waals surface area contributed by atoms with Gasteiger partial charge in [0.2, 0.25) is 6.79 Å². The zero-order valence-electron chi connectivity index (χ0n) is 15.8. The van der Waals surface area contributed by atoms with Gasteiger partial charge in [-0.05, 0) is 48.9 Å². The number of nitrogens with zero attached hydrogens (tertiary/aromatic N) is 2. The predicted molar refractivity (Wildman–Crippen MR) is 116 cm³/mol. The summed E-state index contributed by atoms with van der Waals surface area (Å²) in [4.78, 5) is 17.5. The van der Waals surface area contributed by atoms with E-state index in [0.29, 0.717) is 36.1 Å². The lowest BCUT2D eigenvalue weighted by molar-refractivity contribution is -0.113. The summed E-state index contributed by atoms with van der Waals surface area (Å²) in [5, 5.41) is 0. The average molecular weight is 475 g/mol. The van der Waals surface area contributed by atoms with E-state index in [2.05, 4.69) is 20.9 Å². The second-order valence-corrected chi connectivity index (χ2v) is 8.17. The lowest BCUT2D eigenvalue weighted by Gasteiger charge is -2.05. The number of hydrogen-bond acceptors (Lipinski definition) is 5. The molecule has 2 aromatic carbocycles. The number of halogens is 1. The number of fused-ring (bicyclic) bond motifs is 2. The van der Waals surface area contributed by atoms with Gasteiger partial charge in [-0.15, -0.1) is 0 Å². The van der Waals surface area contributed by atoms with Gasteiger partial charge in [0.25, 0.3) is 5.91 Å². The Bertz CT molecular complexity index is 1150. The molecule has 0 bridgehead atoms. The van der Waals surface area contributed by atoms with E-state index in [1.807, 2.05) is 47.9 Å². The highest BCUT2D eigenvalue weighted by molar-refractivity contribution is 9.10. The summed E-state index contributed by atoms with van der Waals surface area (Å²) < 4.78 is 20.2. The number of ether oxygens (including phenoxy) is 3. The number of benzene rings is 2. The van der Waals surface area contributed by atoms with Crippen molar-refractivity contribution in [2.45, 2.75) is 13.5 Å². The number of carbonyl (C=O) groups is 1. The molecular weight excluding hydrogens is 456 g/mol. The summed E-state index contributed by atoms with van der Waals surface area (Å²) in [6, 6.07) is 11.6. The second kappa shape index (κ2) is 8.94. The molecule has 1 aliphatic rings. The van der Waals surface area contributed by atoms with Crippen LogP contribution in [0.1, 0.15) is 12.5 Å². The highest BCUT2D eigenvalue weighted by Gasteiger charge is 2.12. The molecule has 150 valence electrons. The quantitative estimate of drug-likeness (QED) is 0.393. The van der Waals surface area contributed by atoms with E-state index in [1.54, 1.807) is 6.08 Å². The van der Waals surface area contributed by atoms with Crippen LogP contribution < -0.4 is 14.3 Å². The summed E-state index contributed by atoms with van der Waals surface area (Å²) in [5.41, 5.74) is 1.88. The van der Waals surface area contributed by atoms with Crippen molar-refractivity contribution in [3.63, 3.8) is 0 Å². The zero-order chi connectivity index (χ0) is 20.2. The van der Waals surface area contributed by atoms with Crippen molar-refractivity contribution in [2.24, 2.45) is 4.99 Å². The highest BCUT2D eigenvalue weighted by Crippen LogP contribution is 2.32. The zero-order valence-corrected chi connectivity index (χ0v) is 18.2. The molecule has 1 aromatic heterocycles. The SMILES string of the molecule is CCOCCn1c(=NC(=O)/C=C\c2ccc3c(c2)OCO3)sc2cc(Br)ccc21. The number of carbonyl (C=O) groups excluding carboxylic acids is 1. The Labute approximate surface area is 180 Å². The minimum Gasteiger partial charge on any atom is -0.454 e. The average Bonchev–Trinajstić information content (AvgIpc) is 3.30. The summed E-state index contributed by atoms with van der Waals surface area (Å²) in [6.07, 6.45) is 3.19. The maximum Gasteiger partial charge on any atom is 0.272 e. The summed E-state index contributed by atoms with van der Waals surface area (Å²) in [7, 11) is 0. The lowest BCUT2D eigenvalue weighted by atomic mass is 10.2. The predicted octanol–water partition coefficient (Wildman–Crippen LogP) is 4.37. The van der Waals surface area contributed by atoms with Gasteiger partial charge < -0.3 is 18.8 Å². The molecule has 1 amide bonds. The van der Waals surface area contributed by atoms with Crippen molar-refractivity contribution >= 4 is 49.5 Å². The first kappa shape index (κ1) is 19.9. The first-order valence-corrected chi connectivity index (χ1v) is 10.8. The third-order valence-electron chi connectivity index (χ3n) is 4.33. The van der Waals surface area contributed by atoms with Crippen LogP contribution in [0.3, 0.4) is 0 Å². The second-order valence-electron chi connectivity index (χ2n) is 6.24. The van der Waals surface area contributed by atoms with Crippen LogP contribution in [0.4, 0.5) is 0 Å². The van der Waals surface area contributed by atoms with Crippen LogP contribution in [-0.2, 0) is 16.1 Å². The molecule has 0 atom stereocenters. The van der Waals surface area contributed by atoms with Crippen LogP contribution >= 0.6 is 27.3 Å². The fraction of sp³-hybridized carbons (Fsp3) is 0.238. The van der Waals surface area contributed by atoms with Crippen molar-refractivity contribution in [1.29, 1.82) is 0 Å². The molecule has 0 unspecified atom stereocenters. The minimum absolute atomic E-state index is 0.223. The molecule has 0 N–H and O–H groups in total. The Hall–Kier alpha value is -2.42. The van der Waals surface area contributed by atoms with Gasteiger partial charge in [-0.1, -0.05) is 33.3 Å². The molecule has 0 fully saturated rings. The third kappa shape index (κ3) is 4.60. The molecule has 0 radical (unpaired) electrons. The molecule has 2 heterocycles. The van der Waals surface area contributed by atoms with E-state index >= 15 is 0 Å². The van der Waals surface area contributed by atoms with Crippen LogP contribution in [0.2, 0.25) is 0 Å². The molecule has 4 rings (SSSR count). The van der Waals surface area contributed by atoms with Crippen LogP contribution in [0, 0.1) is 0 Å². The van der Waals surface area contributed by atoms with E-state index in [9.17, 15) is 4.79 Å². The largest absolute Gasteiger partial charge is 0.454 e. The van der Waals surface area contributed by atoms with Gasteiger partial charge in [0.05, 0.1) is 16.8 Å². The van der Waals surface area contributed by atoms with Gasteiger partial charge in [0, 0.05) is 23.7 Å². The van der Waals surface area contributed by atoms with Crippen LogP contribution in [-0.4, -0.2) is 30.5 Å². The van der Waals surface area contributed by atoms with Crippen molar-refractivity contribution in [1.82, 2.24) is 4.57 Å². The Morgan fingerprint density at radius 2 is 2.14 bits per heavy atom. The van der Waals surface area contributed by atoms with Crippen molar-refractivity contribution < 1.29 is 19.0 Å². The van der Waals surface area contributed by atoms with Gasteiger partial charge in [0.15, 0.2) is 16.3 Å². The number of hydrogen-bond donors (Lipinski definition) is 0. The fourth-order valence-corrected chi connectivity index (χ4v) is 4.58. The van der Waals surface area contributed by atoms with Gasteiger partial charge in [-0.25, -0.2) is 0 Å². The maximum absolute atomic E-state index is 12.5. The van der Waals surface area contributed by atoms with Crippen LogP contribution in [0.5, 0.6) is 11.5 Å². The molecule has 0 saturated carbocycles. The number of thiazole rings is 1. The van der Waals surface area contributed by atoms with Crippen LogP contribution in [0.15, 0.2) is 51.9 Å². The van der Waals surface area contributed by atoms with Crippen molar-refractivity contribution in [3.8, 4) is 11.5 Å². The van der Waals surface area contributed by atoms with Gasteiger partial charge in [-0.3, -0.25) is 4.79 Å². The van der Waals surface area contributed by atoms with E-state index in [4.69, 9.17) is 14.2 Å². The smallest absolute Gasteiger partial charge is 0.272 e. The highest BCUT2D eigenvalue weighted by atomic mass is 79.9. The molecule has 1 aliphatic heterocycles. The fourth-order valence-electron chi connectivity index (χ4n) is 2.96. The first-order valence-electron chi connectivity index (χ1n) is 9.17. The number of amides is 1. The lowest BCUT2D eigenvalue weighted by Crippen LogP contribution is -2.19. The number of rotatable bonds is 6. The normalized spacial score (nSPS) is 13.7. The van der Waals surface area contributed by atoms with Crippen LogP contribution in [0.25, 0.3) is 16.3 Å². The monoisotopic (exact) mass is 474 g/mol. The molecular formula is C21H19BrN2O4S. The molecule has 0 aliphatic carbocycles. The molecule has 8 heteroatoms. The Morgan fingerprint density at radius 1 is 1.28 bits per heavy atom. The third-order valence-corrected chi connectivity index (χ3v) is 5.86. The Kier molecular flexibility index (Phi) is 6.13. The molecule has 0 spiro atoms. The van der Waals surface area contributed by atoms with E-state index in [1.165, 1.54) is 17.4 Å². The summed E-state index contributed by atoms with van der Waals surface area (Å²) in [5.74, 6) is 1.07. The van der Waals surface area contributed by atoms with Gasteiger partial charge in [0.1, 0.15) is 0 Å². The van der Waals surface area contributed by atoms with Crippen molar-refractivity contribution in [2.75, 3.05) is 20.0 Å².